The first kappa shape index (κ1) is 28.7. The van der Waals surface area contributed by atoms with Crippen molar-refractivity contribution in [3.63, 3.8) is 0 Å². The number of aromatic nitrogens is 3. The van der Waals surface area contributed by atoms with Gasteiger partial charge in [0.2, 0.25) is 5.95 Å². The van der Waals surface area contributed by atoms with Crippen LogP contribution in [0.15, 0.2) is 174 Å². The smallest absolute Gasteiger partial charge is 0.238 e. The van der Waals surface area contributed by atoms with Crippen molar-refractivity contribution in [1.82, 2.24) is 15.0 Å². The molecule has 0 saturated heterocycles. The first-order valence-electron chi connectivity index (χ1n) is 17.4. The zero-order valence-electron chi connectivity index (χ0n) is 27.9. The van der Waals surface area contributed by atoms with Crippen LogP contribution in [-0.4, -0.2) is 15.0 Å². The molecule has 0 N–H and O–H groups in total. The molecule has 2 aromatic heterocycles. The van der Waals surface area contributed by atoms with Gasteiger partial charge in [0.05, 0.1) is 11.4 Å². The summed E-state index contributed by atoms with van der Waals surface area (Å²) in [4.78, 5) is 18.0. The third-order valence-electron chi connectivity index (χ3n) is 10.2. The number of anilines is 3. The maximum Gasteiger partial charge on any atom is 0.238 e. The van der Waals surface area contributed by atoms with Gasteiger partial charge in [-0.05, 0) is 51.7 Å². The maximum absolute atomic E-state index is 6.32. The van der Waals surface area contributed by atoms with E-state index in [9.17, 15) is 0 Å². The summed E-state index contributed by atoms with van der Waals surface area (Å²) >= 11 is 0. The molecule has 5 heteroatoms. The van der Waals surface area contributed by atoms with E-state index in [1.54, 1.807) is 0 Å². The zero-order chi connectivity index (χ0) is 34.2. The molecule has 0 spiro atoms. The van der Waals surface area contributed by atoms with Crippen molar-refractivity contribution in [1.29, 1.82) is 0 Å². The molecule has 3 heterocycles. The van der Waals surface area contributed by atoms with Crippen LogP contribution in [0.5, 0.6) is 0 Å². The summed E-state index contributed by atoms with van der Waals surface area (Å²) in [5.74, 6) is 1.72. The predicted molar refractivity (Wildman–Crippen MR) is 212 cm³/mol. The average molecular weight is 665 g/mol. The number of furan rings is 1. The Kier molecular flexibility index (Phi) is 6.18. The topological polar surface area (TPSA) is 55.1 Å². The first-order valence-corrected chi connectivity index (χ1v) is 17.4. The number of benzene rings is 8. The lowest BCUT2D eigenvalue weighted by Crippen LogP contribution is -2.19. The lowest BCUT2D eigenvalue weighted by Gasteiger charge is -2.33. The number of nitrogens with zero attached hydrogens (tertiary/aromatic N) is 4. The van der Waals surface area contributed by atoms with E-state index in [1.807, 2.05) is 30.3 Å². The number of hydrogen-bond donors (Lipinski definition) is 0. The van der Waals surface area contributed by atoms with Crippen LogP contribution >= 0.6 is 0 Å². The summed E-state index contributed by atoms with van der Waals surface area (Å²) in [7, 11) is 0. The van der Waals surface area contributed by atoms with Crippen molar-refractivity contribution < 1.29 is 4.42 Å². The second kappa shape index (κ2) is 11.2. The van der Waals surface area contributed by atoms with Gasteiger partial charge >= 0.3 is 0 Å². The highest BCUT2D eigenvalue weighted by Crippen LogP contribution is 2.52. The normalized spacial score (nSPS) is 12.2. The van der Waals surface area contributed by atoms with E-state index >= 15 is 0 Å². The Morgan fingerprint density at radius 2 is 1.06 bits per heavy atom. The molecule has 52 heavy (non-hydrogen) atoms. The van der Waals surface area contributed by atoms with Gasteiger partial charge in [-0.25, -0.2) is 4.98 Å². The highest BCUT2D eigenvalue weighted by molar-refractivity contribution is 6.18. The molecule has 11 rings (SSSR count). The minimum Gasteiger partial charge on any atom is -0.456 e. The quantitative estimate of drug-likeness (QED) is 0.187. The second-order valence-electron chi connectivity index (χ2n) is 13.2. The van der Waals surface area contributed by atoms with Crippen molar-refractivity contribution in [3.8, 4) is 45.0 Å². The van der Waals surface area contributed by atoms with Gasteiger partial charge in [-0.3, -0.25) is 4.90 Å². The van der Waals surface area contributed by atoms with Crippen molar-refractivity contribution >= 4 is 60.8 Å². The van der Waals surface area contributed by atoms with Crippen LogP contribution in [0.3, 0.4) is 0 Å². The SMILES string of the molecule is c1ccc(-c2ccc(-c3nc(-c4ccc5c(c4)oc4ccccc45)nc(N4c5c(ccc6ccccc56)-c5cccc6cccc4c56)n3)cc2)cc1. The van der Waals surface area contributed by atoms with Gasteiger partial charge < -0.3 is 4.42 Å². The standard InChI is InChI=1S/C47H28N4O/c1-2-10-29(11-3-1)30-20-22-33(23-21-30)45-48-46(34-25-26-37-36-16-6-7-19-41(36)52-42(37)28-34)50-47(49-45)51-40-18-9-14-32-13-8-17-38(43(32)40)39-27-24-31-12-4-5-15-35(31)44(39)51/h1-28H. The molecule has 0 radical (unpaired) electrons. The highest BCUT2D eigenvalue weighted by atomic mass is 16.3. The molecule has 8 aromatic carbocycles. The average Bonchev–Trinajstić information content (AvgIpc) is 3.59. The molecule has 0 atom stereocenters. The van der Waals surface area contributed by atoms with Gasteiger partial charge in [0.25, 0.3) is 0 Å². The third kappa shape index (κ3) is 4.39. The van der Waals surface area contributed by atoms with E-state index in [0.29, 0.717) is 17.6 Å². The van der Waals surface area contributed by atoms with E-state index in [1.165, 1.54) is 16.3 Å². The van der Waals surface area contributed by atoms with Crippen molar-refractivity contribution in [2.45, 2.75) is 0 Å². The van der Waals surface area contributed by atoms with Crippen LogP contribution < -0.4 is 4.90 Å². The second-order valence-corrected chi connectivity index (χ2v) is 13.2. The molecule has 0 bridgehead atoms. The molecule has 1 aliphatic rings. The van der Waals surface area contributed by atoms with Gasteiger partial charge in [0.1, 0.15) is 11.2 Å². The summed E-state index contributed by atoms with van der Waals surface area (Å²) in [5.41, 5.74) is 10.1. The monoisotopic (exact) mass is 664 g/mol. The van der Waals surface area contributed by atoms with Gasteiger partial charge in [-0.2, -0.15) is 9.97 Å². The number of para-hydroxylation sites is 1. The van der Waals surface area contributed by atoms with E-state index in [-0.39, 0.29) is 0 Å². The molecule has 1 aliphatic heterocycles. The molecule has 0 fully saturated rings. The van der Waals surface area contributed by atoms with Crippen LogP contribution in [0.25, 0.3) is 88.5 Å². The van der Waals surface area contributed by atoms with Gasteiger partial charge in [0, 0.05) is 38.2 Å². The van der Waals surface area contributed by atoms with Crippen molar-refractivity contribution in [2.75, 3.05) is 4.90 Å². The van der Waals surface area contributed by atoms with Gasteiger partial charge in [-0.1, -0.05) is 146 Å². The molecular weight excluding hydrogens is 637 g/mol. The lowest BCUT2D eigenvalue weighted by molar-refractivity contribution is 0.669. The third-order valence-corrected chi connectivity index (χ3v) is 10.2. The molecular formula is C47H28N4O. The minimum atomic E-state index is 0.552. The van der Waals surface area contributed by atoms with Gasteiger partial charge in [-0.15, -0.1) is 0 Å². The Hall–Kier alpha value is -7.11. The van der Waals surface area contributed by atoms with Crippen molar-refractivity contribution in [3.05, 3.63) is 170 Å². The highest BCUT2D eigenvalue weighted by Gasteiger charge is 2.30. The first-order chi connectivity index (χ1) is 25.8. The van der Waals surface area contributed by atoms with E-state index in [2.05, 4.69) is 144 Å². The van der Waals surface area contributed by atoms with Crippen LogP contribution in [0, 0.1) is 0 Å². The fourth-order valence-electron chi connectivity index (χ4n) is 7.80. The predicted octanol–water partition coefficient (Wildman–Crippen LogP) is 12.5. The lowest BCUT2D eigenvalue weighted by atomic mass is 9.89. The van der Waals surface area contributed by atoms with Crippen LogP contribution in [0.1, 0.15) is 0 Å². The Morgan fingerprint density at radius 1 is 0.404 bits per heavy atom. The van der Waals surface area contributed by atoms with E-state index in [4.69, 9.17) is 19.4 Å². The van der Waals surface area contributed by atoms with Crippen LogP contribution in [0.4, 0.5) is 17.3 Å². The largest absolute Gasteiger partial charge is 0.456 e. The number of rotatable bonds is 4. The van der Waals surface area contributed by atoms with Crippen molar-refractivity contribution in [2.24, 2.45) is 0 Å². The zero-order valence-corrected chi connectivity index (χ0v) is 27.9. The molecule has 0 amide bonds. The fraction of sp³-hybridized carbons (Fsp3) is 0. The summed E-state index contributed by atoms with van der Waals surface area (Å²) in [6, 6.07) is 59.2. The fourth-order valence-corrected chi connectivity index (χ4v) is 7.80. The Bertz CT molecular complexity index is 3020. The summed E-state index contributed by atoms with van der Waals surface area (Å²) in [5, 5.41) is 6.77. The van der Waals surface area contributed by atoms with E-state index in [0.717, 1.165) is 71.9 Å². The molecule has 5 nitrogen and oxygen atoms in total. The molecule has 0 saturated carbocycles. The molecule has 0 aliphatic carbocycles. The van der Waals surface area contributed by atoms with Gasteiger partial charge in [0.15, 0.2) is 11.6 Å². The number of hydrogen-bond acceptors (Lipinski definition) is 5. The molecule has 10 aromatic rings. The molecule has 242 valence electrons. The Labute approximate surface area is 299 Å². The van der Waals surface area contributed by atoms with E-state index < -0.39 is 0 Å². The Balaban J connectivity index is 1.18. The summed E-state index contributed by atoms with van der Waals surface area (Å²) < 4.78 is 6.32. The van der Waals surface area contributed by atoms with Crippen LogP contribution in [0.2, 0.25) is 0 Å². The minimum absolute atomic E-state index is 0.552. The van der Waals surface area contributed by atoms with Crippen LogP contribution in [-0.2, 0) is 0 Å². The number of fused-ring (bicyclic) bond motifs is 7. The summed E-state index contributed by atoms with van der Waals surface area (Å²) in [6.07, 6.45) is 0. The summed E-state index contributed by atoms with van der Waals surface area (Å²) in [6.45, 7) is 0. The molecule has 0 unspecified atom stereocenters. The Morgan fingerprint density at radius 3 is 1.92 bits per heavy atom. The maximum atomic E-state index is 6.32.